The van der Waals surface area contributed by atoms with Gasteiger partial charge in [0.2, 0.25) is 0 Å². The molecule has 0 saturated heterocycles. The SMILES string of the molecule is CCCC(C)(C)SSC(C)(C)C(C)(C)O. The fourth-order valence-electron chi connectivity index (χ4n) is 0.963. The van der Waals surface area contributed by atoms with E-state index >= 15 is 0 Å². The van der Waals surface area contributed by atoms with E-state index in [2.05, 4.69) is 34.6 Å². The van der Waals surface area contributed by atoms with Gasteiger partial charge in [0.25, 0.3) is 0 Å². The molecule has 0 aromatic heterocycles. The van der Waals surface area contributed by atoms with Crippen molar-refractivity contribution in [2.75, 3.05) is 0 Å². The highest BCUT2D eigenvalue weighted by Crippen LogP contribution is 2.49. The molecule has 0 unspecified atom stereocenters. The highest BCUT2D eigenvalue weighted by molar-refractivity contribution is 8.77. The molecule has 0 saturated carbocycles. The van der Waals surface area contributed by atoms with Crippen LogP contribution in [-0.2, 0) is 0 Å². The summed E-state index contributed by atoms with van der Waals surface area (Å²) in [6, 6.07) is 0. The van der Waals surface area contributed by atoms with Crippen molar-refractivity contribution in [1.82, 2.24) is 0 Å². The molecule has 0 aliphatic carbocycles. The third kappa shape index (κ3) is 5.50. The molecule has 0 amide bonds. The van der Waals surface area contributed by atoms with Crippen LogP contribution in [0.3, 0.4) is 0 Å². The van der Waals surface area contributed by atoms with Crippen molar-refractivity contribution in [1.29, 1.82) is 0 Å². The van der Waals surface area contributed by atoms with Crippen LogP contribution in [0.4, 0.5) is 0 Å². The first kappa shape index (κ1) is 15.7. The first-order valence-electron chi connectivity index (χ1n) is 5.61. The van der Waals surface area contributed by atoms with E-state index in [0.717, 1.165) is 0 Å². The average Bonchev–Trinajstić information content (AvgIpc) is 1.99. The van der Waals surface area contributed by atoms with Crippen molar-refractivity contribution in [2.24, 2.45) is 0 Å². The van der Waals surface area contributed by atoms with E-state index in [4.69, 9.17) is 0 Å². The van der Waals surface area contributed by atoms with E-state index in [0.29, 0.717) is 4.75 Å². The normalized spacial score (nSPS) is 14.4. The Hall–Kier alpha value is 0.660. The van der Waals surface area contributed by atoms with Gasteiger partial charge in [0.15, 0.2) is 0 Å². The lowest BCUT2D eigenvalue weighted by atomic mass is 9.94. The molecule has 92 valence electrons. The lowest BCUT2D eigenvalue weighted by molar-refractivity contribution is 0.0498. The van der Waals surface area contributed by atoms with Crippen LogP contribution in [-0.4, -0.2) is 20.2 Å². The third-order valence-electron chi connectivity index (χ3n) is 2.80. The van der Waals surface area contributed by atoms with Gasteiger partial charge in [-0.05, 0) is 48.0 Å². The summed E-state index contributed by atoms with van der Waals surface area (Å²) in [6.07, 6.45) is 2.43. The first-order valence-corrected chi connectivity index (χ1v) is 7.76. The second kappa shape index (κ2) is 5.33. The molecule has 0 bridgehead atoms. The molecule has 0 aromatic rings. The van der Waals surface area contributed by atoms with Crippen LogP contribution in [0.2, 0.25) is 0 Å². The van der Waals surface area contributed by atoms with Gasteiger partial charge in [0.1, 0.15) is 0 Å². The number of hydrogen-bond acceptors (Lipinski definition) is 3. The zero-order chi connectivity index (χ0) is 12.3. The van der Waals surface area contributed by atoms with Gasteiger partial charge in [-0.15, -0.1) is 0 Å². The number of rotatable bonds is 6. The summed E-state index contributed by atoms with van der Waals surface area (Å²) < 4.78 is 0.171. The Morgan fingerprint density at radius 2 is 1.40 bits per heavy atom. The molecule has 0 radical (unpaired) electrons. The summed E-state index contributed by atoms with van der Waals surface area (Å²) in [5.41, 5.74) is -0.646. The van der Waals surface area contributed by atoms with Crippen molar-refractivity contribution in [3.8, 4) is 0 Å². The quantitative estimate of drug-likeness (QED) is 0.701. The molecule has 0 atom stereocenters. The summed E-state index contributed by atoms with van der Waals surface area (Å²) in [4.78, 5) is 0. The van der Waals surface area contributed by atoms with E-state index in [-0.39, 0.29) is 4.75 Å². The lowest BCUT2D eigenvalue weighted by Crippen LogP contribution is -2.42. The van der Waals surface area contributed by atoms with Gasteiger partial charge in [-0.25, -0.2) is 0 Å². The van der Waals surface area contributed by atoms with Crippen LogP contribution in [0, 0.1) is 0 Å². The van der Waals surface area contributed by atoms with Gasteiger partial charge in [-0.1, -0.05) is 34.9 Å². The maximum absolute atomic E-state index is 10.0. The Morgan fingerprint density at radius 1 is 0.933 bits per heavy atom. The zero-order valence-corrected chi connectivity index (χ0v) is 12.8. The second-order valence-corrected chi connectivity index (χ2v) is 9.20. The number of hydrogen-bond donors (Lipinski definition) is 1. The predicted molar refractivity (Wildman–Crippen MR) is 74.5 cm³/mol. The zero-order valence-electron chi connectivity index (χ0n) is 11.2. The highest BCUT2D eigenvalue weighted by atomic mass is 33.1. The summed E-state index contributed by atoms with van der Waals surface area (Å²) in [6.45, 7) is 14.7. The monoisotopic (exact) mass is 250 g/mol. The largest absolute Gasteiger partial charge is 0.389 e. The molecule has 0 fully saturated rings. The van der Waals surface area contributed by atoms with E-state index in [1.165, 1.54) is 12.8 Å². The van der Waals surface area contributed by atoms with Crippen LogP contribution in [0.25, 0.3) is 0 Å². The van der Waals surface area contributed by atoms with Gasteiger partial charge in [0.05, 0.1) is 5.60 Å². The predicted octanol–water partition coefficient (Wildman–Crippen LogP) is 4.50. The average molecular weight is 250 g/mol. The molecule has 0 aliphatic heterocycles. The maximum Gasteiger partial charge on any atom is 0.0740 e. The fourth-order valence-corrected chi connectivity index (χ4v) is 4.05. The van der Waals surface area contributed by atoms with Crippen molar-refractivity contribution in [3.05, 3.63) is 0 Å². The van der Waals surface area contributed by atoms with Crippen LogP contribution < -0.4 is 0 Å². The molecule has 0 spiro atoms. The minimum Gasteiger partial charge on any atom is -0.389 e. The molecule has 0 aromatic carbocycles. The topological polar surface area (TPSA) is 20.2 Å². The minimum absolute atomic E-state index is 0.122. The standard InChI is InChI=1S/C12H26OS2/c1-8-9-10(2,3)14-15-12(6,7)11(4,5)13/h13H,8-9H2,1-7H3. The fraction of sp³-hybridized carbons (Fsp3) is 1.00. The Morgan fingerprint density at radius 3 is 1.73 bits per heavy atom. The summed E-state index contributed by atoms with van der Waals surface area (Å²) in [5.74, 6) is 0. The van der Waals surface area contributed by atoms with Gasteiger partial charge in [-0.3, -0.25) is 0 Å². The Labute approximate surface area is 103 Å². The molecular weight excluding hydrogens is 224 g/mol. The van der Waals surface area contributed by atoms with Gasteiger partial charge in [0, 0.05) is 9.49 Å². The summed E-state index contributed by atoms with van der Waals surface area (Å²) in [7, 11) is 3.69. The number of aliphatic hydroxyl groups is 1. The summed E-state index contributed by atoms with van der Waals surface area (Å²) in [5, 5.41) is 10.0. The van der Waals surface area contributed by atoms with Gasteiger partial charge < -0.3 is 5.11 Å². The molecule has 0 aliphatic rings. The Balaban J connectivity index is 4.26. The molecule has 1 nitrogen and oxygen atoms in total. The molecule has 3 heteroatoms. The minimum atomic E-state index is -0.646. The van der Waals surface area contributed by atoms with Crippen molar-refractivity contribution < 1.29 is 5.11 Å². The Bertz CT molecular complexity index is 192. The maximum atomic E-state index is 10.0. The molecular formula is C12H26OS2. The van der Waals surface area contributed by atoms with Gasteiger partial charge in [-0.2, -0.15) is 0 Å². The van der Waals surface area contributed by atoms with Crippen LogP contribution in [0.5, 0.6) is 0 Å². The highest BCUT2D eigenvalue weighted by Gasteiger charge is 2.37. The first-order chi connectivity index (χ1) is 6.52. The molecule has 0 heterocycles. The third-order valence-corrected chi connectivity index (χ3v) is 7.31. The van der Waals surface area contributed by atoms with Crippen molar-refractivity contribution in [3.63, 3.8) is 0 Å². The van der Waals surface area contributed by atoms with Crippen LogP contribution in [0.1, 0.15) is 61.3 Å². The van der Waals surface area contributed by atoms with Crippen LogP contribution in [0.15, 0.2) is 0 Å². The Kier molecular flexibility index (Phi) is 5.56. The molecule has 0 rings (SSSR count). The van der Waals surface area contributed by atoms with Crippen molar-refractivity contribution in [2.45, 2.75) is 76.4 Å². The smallest absolute Gasteiger partial charge is 0.0740 e. The van der Waals surface area contributed by atoms with Gasteiger partial charge >= 0.3 is 0 Å². The van der Waals surface area contributed by atoms with E-state index in [9.17, 15) is 5.11 Å². The van der Waals surface area contributed by atoms with E-state index in [1.54, 1.807) is 10.8 Å². The van der Waals surface area contributed by atoms with Crippen molar-refractivity contribution >= 4 is 21.6 Å². The van der Waals surface area contributed by atoms with E-state index in [1.807, 2.05) is 24.6 Å². The van der Waals surface area contributed by atoms with E-state index < -0.39 is 5.60 Å². The molecule has 1 N–H and O–H groups in total. The molecule has 15 heavy (non-hydrogen) atoms. The lowest BCUT2D eigenvalue weighted by Gasteiger charge is -2.38. The van der Waals surface area contributed by atoms with Crippen LogP contribution >= 0.6 is 21.6 Å². The second-order valence-electron chi connectivity index (χ2n) is 5.75. The summed E-state index contributed by atoms with van der Waals surface area (Å²) >= 11 is 0.